The number of benzene rings is 3. The highest BCUT2D eigenvalue weighted by molar-refractivity contribution is 6.07. The molecule has 0 spiro atoms. The Balaban J connectivity index is 1.51. The maximum atomic E-state index is 13.3. The molecule has 1 amide bonds. The van der Waals surface area contributed by atoms with Crippen molar-refractivity contribution in [2.75, 3.05) is 11.4 Å². The predicted molar refractivity (Wildman–Crippen MR) is 126 cm³/mol. The summed E-state index contributed by atoms with van der Waals surface area (Å²) in [5, 5.41) is 5.42. The molecule has 33 heavy (non-hydrogen) atoms. The van der Waals surface area contributed by atoms with Crippen molar-refractivity contribution in [2.24, 2.45) is 0 Å². The fourth-order valence-corrected chi connectivity index (χ4v) is 4.66. The smallest absolute Gasteiger partial charge is 0.244 e. The number of nitrogens with zero attached hydrogens (tertiary/aromatic N) is 4. The van der Waals surface area contributed by atoms with Crippen LogP contribution in [0.3, 0.4) is 0 Å². The summed E-state index contributed by atoms with van der Waals surface area (Å²) in [5.74, 6) is 1.23. The fraction of sp³-hybridized carbons (Fsp3) is 0.192. The maximum absolute atomic E-state index is 13.3. The van der Waals surface area contributed by atoms with Gasteiger partial charge < -0.3 is 19.5 Å². The van der Waals surface area contributed by atoms with Gasteiger partial charge in [0.25, 0.3) is 0 Å². The summed E-state index contributed by atoms with van der Waals surface area (Å²) in [4.78, 5) is 23.1. The van der Waals surface area contributed by atoms with Gasteiger partial charge in [0.05, 0.1) is 30.3 Å². The number of anilines is 1. The van der Waals surface area contributed by atoms with Crippen molar-refractivity contribution in [1.29, 1.82) is 0 Å². The van der Waals surface area contributed by atoms with Crippen LogP contribution in [0, 0.1) is 6.57 Å². The zero-order valence-electron chi connectivity index (χ0n) is 17.9. The highest BCUT2D eigenvalue weighted by Crippen LogP contribution is 2.37. The van der Waals surface area contributed by atoms with Gasteiger partial charge in [-0.2, -0.15) is 0 Å². The Hall–Kier alpha value is -4.15. The normalized spacial score (nSPS) is 17.6. The van der Waals surface area contributed by atoms with Crippen LogP contribution in [0.2, 0.25) is 0 Å². The van der Waals surface area contributed by atoms with Crippen molar-refractivity contribution < 1.29 is 9.53 Å². The zero-order valence-corrected chi connectivity index (χ0v) is 17.9. The van der Waals surface area contributed by atoms with Gasteiger partial charge in [0.15, 0.2) is 0 Å². The number of carbonyl (C=O) groups excluding carboxylic acids is 1. The molecule has 1 aromatic heterocycles. The van der Waals surface area contributed by atoms with Crippen LogP contribution in [0.4, 0.5) is 11.4 Å². The summed E-state index contributed by atoms with van der Waals surface area (Å²) in [7, 11) is 0. The van der Waals surface area contributed by atoms with Crippen molar-refractivity contribution in [3.63, 3.8) is 0 Å². The number of rotatable bonds is 0. The molecule has 4 aromatic rings. The monoisotopic (exact) mass is 435 g/mol. The molecule has 3 heterocycles. The van der Waals surface area contributed by atoms with Gasteiger partial charge in [-0.25, -0.2) is 9.83 Å². The Morgan fingerprint density at radius 1 is 1.15 bits per heavy atom. The second-order valence-corrected chi connectivity index (χ2v) is 8.40. The molecular formula is C26H21N5O2. The van der Waals surface area contributed by atoms with Crippen molar-refractivity contribution >= 4 is 28.1 Å². The van der Waals surface area contributed by atoms with Crippen LogP contribution in [-0.4, -0.2) is 28.0 Å². The summed E-state index contributed by atoms with van der Waals surface area (Å²) in [6.07, 6.45) is 4.36. The molecule has 1 saturated heterocycles. The summed E-state index contributed by atoms with van der Waals surface area (Å²) >= 11 is 0. The Kier molecular flexibility index (Phi) is 4.60. The van der Waals surface area contributed by atoms with E-state index in [-0.39, 0.29) is 11.9 Å². The fourth-order valence-electron chi connectivity index (χ4n) is 4.66. The van der Waals surface area contributed by atoms with Gasteiger partial charge in [-0.1, -0.05) is 30.3 Å². The number of aromatic nitrogens is 2. The molecule has 162 valence electrons. The van der Waals surface area contributed by atoms with Crippen molar-refractivity contribution in [3.05, 3.63) is 89.8 Å². The lowest BCUT2D eigenvalue weighted by Gasteiger charge is -2.20. The molecule has 0 saturated carbocycles. The van der Waals surface area contributed by atoms with Crippen LogP contribution in [0.15, 0.2) is 67.1 Å². The number of amides is 1. The van der Waals surface area contributed by atoms with E-state index in [9.17, 15) is 4.79 Å². The molecule has 1 atom stereocenters. The Morgan fingerprint density at radius 3 is 3.00 bits per heavy atom. The van der Waals surface area contributed by atoms with Crippen LogP contribution in [-0.2, 0) is 17.9 Å². The van der Waals surface area contributed by atoms with E-state index >= 15 is 0 Å². The highest BCUT2D eigenvalue weighted by Gasteiger charge is 2.33. The molecule has 0 unspecified atom stereocenters. The van der Waals surface area contributed by atoms with Gasteiger partial charge in [-0.15, -0.1) is 0 Å². The molecule has 0 aliphatic carbocycles. The number of carbonyl (C=O) groups is 1. The van der Waals surface area contributed by atoms with E-state index < -0.39 is 0 Å². The first-order chi connectivity index (χ1) is 16.2. The minimum absolute atomic E-state index is 0.0764. The Bertz CT molecular complexity index is 1430. The first kappa shape index (κ1) is 19.5. The van der Waals surface area contributed by atoms with Gasteiger partial charge >= 0.3 is 0 Å². The first-order valence-electron chi connectivity index (χ1n) is 10.9. The number of nitrogens with one attached hydrogen (secondary N) is 1. The predicted octanol–water partition coefficient (Wildman–Crippen LogP) is 4.64. The Morgan fingerprint density at radius 2 is 2.09 bits per heavy atom. The molecule has 0 radical (unpaired) electrons. The summed E-state index contributed by atoms with van der Waals surface area (Å²) in [6, 6.07) is 17.3. The van der Waals surface area contributed by atoms with E-state index in [1.165, 1.54) is 0 Å². The lowest BCUT2D eigenvalue weighted by molar-refractivity contribution is -0.118. The van der Waals surface area contributed by atoms with Crippen LogP contribution in [0.25, 0.3) is 15.6 Å². The van der Waals surface area contributed by atoms with Crippen LogP contribution in [0.5, 0.6) is 11.5 Å². The maximum Gasteiger partial charge on any atom is 0.244 e. The minimum Gasteiger partial charge on any atom is -0.468 e. The molecule has 1 N–H and O–H groups in total. The van der Waals surface area contributed by atoms with Crippen LogP contribution < -0.4 is 15.0 Å². The van der Waals surface area contributed by atoms with Gasteiger partial charge in [-0.3, -0.25) is 4.79 Å². The first-order valence-corrected chi connectivity index (χ1v) is 10.9. The van der Waals surface area contributed by atoms with E-state index in [2.05, 4.69) is 15.1 Å². The van der Waals surface area contributed by atoms with Gasteiger partial charge in [0, 0.05) is 31.2 Å². The SMILES string of the molecule is [C-]#[N+]c1ccc2cc1Oc1ccc3cccc(c3c1)N1CC[C@H](NCc3cncn3C2)C1=O. The van der Waals surface area contributed by atoms with E-state index in [0.717, 1.165) is 34.1 Å². The van der Waals surface area contributed by atoms with E-state index in [1.54, 1.807) is 12.4 Å². The molecule has 2 aliphatic rings. The number of imidazole rings is 1. The minimum atomic E-state index is -0.236. The van der Waals surface area contributed by atoms with Crippen LogP contribution >= 0.6 is 0 Å². The molecule has 1 fully saturated rings. The third-order valence-electron chi connectivity index (χ3n) is 6.38. The highest BCUT2D eigenvalue weighted by atomic mass is 16.5. The van der Waals surface area contributed by atoms with E-state index in [1.807, 2.05) is 64.2 Å². The average molecular weight is 435 g/mol. The van der Waals surface area contributed by atoms with E-state index in [4.69, 9.17) is 11.3 Å². The summed E-state index contributed by atoms with van der Waals surface area (Å²) < 4.78 is 8.27. The number of fused-ring (bicyclic) bond motifs is 7. The summed E-state index contributed by atoms with van der Waals surface area (Å²) in [5.41, 5.74) is 3.34. The molecule has 6 rings (SSSR count). The van der Waals surface area contributed by atoms with Crippen molar-refractivity contribution in [3.8, 4) is 11.5 Å². The molecular weight excluding hydrogens is 414 g/mol. The van der Waals surface area contributed by atoms with E-state index in [0.29, 0.717) is 36.8 Å². The quantitative estimate of drug-likeness (QED) is 0.409. The number of ether oxygens (including phenoxy) is 1. The third-order valence-corrected chi connectivity index (χ3v) is 6.38. The second-order valence-electron chi connectivity index (χ2n) is 8.40. The van der Waals surface area contributed by atoms with Crippen molar-refractivity contribution in [2.45, 2.75) is 25.6 Å². The standard InChI is InChI=1S/C26H21N5O2/c1-27-22-8-5-17-11-25(22)33-20-7-6-18-3-2-4-24(21(18)12-20)31-10-9-23(26(31)32)29-14-19-13-28-16-30(19)15-17/h2-8,11-13,16,23,29H,9-10,14-15H2/t23-/m0/s1. The van der Waals surface area contributed by atoms with Crippen molar-refractivity contribution in [1.82, 2.24) is 14.9 Å². The molecule has 7 heteroatoms. The average Bonchev–Trinajstić information content (AvgIpc) is 3.43. The Labute approximate surface area is 191 Å². The molecule has 7 nitrogen and oxygen atoms in total. The molecule has 6 bridgehead atoms. The zero-order chi connectivity index (χ0) is 22.4. The van der Waals surface area contributed by atoms with Gasteiger partial charge in [0.1, 0.15) is 11.5 Å². The third kappa shape index (κ3) is 3.41. The number of hydrogen-bond acceptors (Lipinski definition) is 4. The van der Waals surface area contributed by atoms with Gasteiger partial charge in [0.2, 0.25) is 11.6 Å². The number of hydrogen-bond donors (Lipinski definition) is 1. The molecule has 2 aliphatic heterocycles. The molecule has 3 aromatic carbocycles. The summed E-state index contributed by atoms with van der Waals surface area (Å²) in [6.45, 7) is 9.36. The largest absolute Gasteiger partial charge is 0.468 e. The lowest BCUT2D eigenvalue weighted by Crippen LogP contribution is -2.38. The second kappa shape index (κ2) is 7.76. The lowest BCUT2D eigenvalue weighted by atomic mass is 10.1. The van der Waals surface area contributed by atoms with Crippen LogP contribution in [0.1, 0.15) is 17.7 Å². The topological polar surface area (TPSA) is 63.8 Å². The van der Waals surface area contributed by atoms with Gasteiger partial charge in [-0.05, 0) is 41.6 Å².